The maximum Gasteiger partial charge on any atom is 0.405 e. The number of amides is 2. The van der Waals surface area contributed by atoms with Gasteiger partial charge in [-0.2, -0.15) is 13.2 Å². The Morgan fingerprint density at radius 1 is 1.15 bits per heavy atom. The maximum atomic E-state index is 12.8. The van der Waals surface area contributed by atoms with Gasteiger partial charge < -0.3 is 15.0 Å². The summed E-state index contributed by atoms with van der Waals surface area (Å²) < 4.78 is 54.7. The van der Waals surface area contributed by atoms with E-state index < -0.39 is 30.5 Å². The summed E-state index contributed by atoms with van der Waals surface area (Å²) in [7, 11) is 0. The zero-order chi connectivity index (χ0) is 20.0. The minimum atomic E-state index is -4.45. The molecule has 150 valence electrons. The van der Waals surface area contributed by atoms with E-state index >= 15 is 0 Å². The van der Waals surface area contributed by atoms with Gasteiger partial charge in [-0.3, -0.25) is 14.5 Å². The molecule has 0 spiro atoms. The highest BCUT2D eigenvalue weighted by molar-refractivity contribution is 5.81. The van der Waals surface area contributed by atoms with Crippen molar-refractivity contribution in [2.45, 2.75) is 19.1 Å². The SMILES string of the molecule is CC(C(=O)NCC(F)(F)F)N1CCN(C(=O)COc2ccc(F)cc2)CC1. The molecular weight excluding hydrogens is 370 g/mol. The topological polar surface area (TPSA) is 61.9 Å². The van der Waals surface area contributed by atoms with Crippen molar-refractivity contribution in [2.24, 2.45) is 0 Å². The first-order valence-electron chi connectivity index (χ1n) is 8.40. The summed E-state index contributed by atoms with van der Waals surface area (Å²) in [6.07, 6.45) is -4.45. The third kappa shape index (κ3) is 6.70. The van der Waals surface area contributed by atoms with Gasteiger partial charge in [0.1, 0.15) is 18.1 Å². The molecule has 1 saturated heterocycles. The molecule has 1 unspecified atom stereocenters. The highest BCUT2D eigenvalue weighted by Gasteiger charge is 2.31. The molecule has 2 amide bonds. The van der Waals surface area contributed by atoms with E-state index in [1.54, 1.807) is 9.80 Å². The largest absolute Gasteiger partial charge is 0.484 e. The van der Waals surface area contributed by atoms with Crippen LogP contribution in [0.5, 0.6) is 5.75 Å². The molecule has 2 rings (SSSR count). The van der Waals surface area contributed by atoms with E-state index in [1.807, 2.05) is 5.32 Å². The van der Waals surface area contributed by atoms with E-state index in [1.165, 1.54) is 31.2 Å². The number of alkyl halides is 3. The molecule has 6 nitrogen and oxygen atoms in total. The van der Waals surface area contributed by atoms with E-state index in [9.17, 15) is 27.2 Å². The number of halogens is 4. The van der Waals surface area contributed by atoms with Crippen molar-refractivity contribution >= 4 is 11.8 Å². The molecule has 27 heavy (non-hydrogen) atoms. The predicted molar refractivity (Wildman–Crippen MR) is 88.6 cm³/mol. The Morgan fingerprint density at radius 2 is 1.74 bits per heavy atom. The van der Waals surface area contributed by atoms with Crippen LogP contribution in [0.4, 0.5) is 17.6 Å². The molecule has 1 N–H and O–H groups in total. The van der Waals surface area contributed by atoms with Crippen molar-refractivity contribution in [3.63, 3.8) is 0 Å². The molecule has 1 aromatic rings. The van der Waals surface area contributed by atoms with Crippen LogP contribution in [0.1, 0.15) is 6.92 Å². The lowest BCUT2D eigenvalue weighted by Crippen LogP contribution is -2.56. The Balaban J connectivity index is 1.74. The Kier molecular flexibility index (Phi) is 7.00. The van der Waals surface area contributed by atoms with E-state index in [2.05, 4.69) is 0 Å². The summed E-state index contributed by atoms with van der Waals surface area (Å²) in [6.45, 7) is 1.36. The second kappa shape index (κ2) is 9.03. The molecule has 1 aromatic carbocycles. The molecule has 1 aliphatic rings. The minimum absolute atomic E-state index is 0.201. The van der Waals surface area contributed by atoms with Crippen molar-refractivity contribution < 1.29 is 31.9 Å². The number of nitrogens with one attached hydrogen (secondary N) is 1. The Hall–Kier alpha value is -2.36. The van der Waals surface area contributed by atoms with E-state index in [-0.39, 0.29) is 12.5 Å². The molecule has 0 aromatic heterocycles. The highest BCUT2D eigenvalue weighted by Crippen LogP contribution is 2.14. The van der Waals surface area contributed by atoms with Gasteiger partial charge in [-0.05, 0) is 31.2 Å². The first-order valence-corrected chi connectivity index (χ1v) is 8.40. The summed E-state index contributed by atoms with van der Waals surface area (Å²) in [5.74, 6) is -0.989. The molecule has 1 heterocycles. The van der Waals surface area contributed by atoms with Gasteiger partial charge >= 0.3 is 6.18 Å². The molecule has 1 atom stereocenters. The highest BCUT2D eigenvalue weighted by atomic mass is 19.4. The van der Waals surface area contributed by atoms with Gasteiger partial charge in [-0.15, -0.1) is 0 Å². The van der Waals surface area contributed by atoms with Crippen molar-refractivity contribution in [2.75, 3.05) is 39.3 Å². The average Bonchev–Trinajstić information content (AvgIpc) is 2.64. The Bertz CT molecular complexity index is 644. The normalized spacial score (nSPS) is 16.7. The number of hydrogen-bond donors (Lipinski definition) is 1. The van der Waals surface area contributed by atoms with Crippen molar-refractivity contribution in [1.82, 2.24) is 15.1 Å². The van der Waals surface area contributed by atoms with Crippen LogP contribution in [0.2, 0.25) is 0 Å². The zero-order valence-electron chi connectivity index (χ0n) is 14.8. The molecule has 1 fully saturated rings. The maximum absolute atomic E-state index is 12.8. The Labute approximate surface area is 154 Å². The number of hydrogen-bond acceptors (Lipinski definition) is 4. The van der Waals surface area contributed by atoms with Gasteiger partial charge in [0.2, 0.25) is 5.91 Å². The molecule has 1 aliphatic heterocycles. The molecule has 0 radical (unpaired) electrons. The first kappa shape index (κ1) is 20.9. The molecule has 0 bridgehead atoms. The fourth-order valence-corrected chi connectivity index (χ4v) is 2.63. The number of carbonyl (C=O) groups is 2. The van der Waals surface area contributed by atoms with Crippen molar-refractivity contribution in [1.29, 1.82) is 0 Å². The van der Waals surface area contributed by atoms with Crippen molar-refractivity contribution in [3.8, 4) is 5.75 Å². The second-order valence-electron chi connectivity index (χ2n) is 6.17. The van der Waals surface area contributed by atoms with Gasteiger partial charge in [0.15, 0.2) is 6.61 Å². The minimum Gasteiger partial charge on any atom is -0.484 e. The van der Waals surface area contributed by atoms with Crippen LogP contribution in [0.15, 0.2) is 24.3 Å². The number of benzene rings is 1. The van der Waals surface area contributed by atoms with Gasteiger partial charge in [0.05, 0.1) is 6.04 Å². The smallest absolute Gasteiger partial charge is 0.405 e. The number of ether oxygens (including phenoxy) is 1. The predicted octanol–water partition coefficient (Wildman–Crippen LogP) is 1.42. The summed E-state index contributed by atoms with van der Waals surface area (Å²) >= 11 is 0. The van der Waals surface area contributed by atoms with Gasteiger partial charge in [-0.25, -0.2) is 4.39 Å². The molecule has 10 heteroatoms. The summed E-state index contributed by atoms with van der Waals surface area (Å²) in [5, 5.41) is 1.86. The van der Waals surface area contributed by atoms with Crippen LogP contribution in [0.3, 0.4) is 0 Å². The standard InChI is InChI=1S/C17H21F4N3O3/c1-12(16(26)22-11-17(19,20)21)23-6-8-24(9-7-23)15(25)10-27-14-4-2-13(18)3-5-14/h2-5,12H,6-11H2,1H3,(H,22,26). The average molecular weight is 391 g/mol. The molecular formula is C17H21F4N3O3. The lowest BCUT2D eigenvalue weighted by atomic mass is 10.2. The number of piperazine rings is 1. The van der Waals surface area contributed by atoms with Gasteiger partial charge in [0.25, 0.3) is 5.91 Å². The van der Waals surface area contributed by atoms with E-state index in [0.717, 1.165) is 0 Å². The number of nitrogens with zero attached hydrogens (tertiary/aromatic N) is 2. The third-order valence-electron chi connectivity index (χ3n) is 4.23. The number of carbonyl (C=O) groups excluding carboxylic acids is 2. The lowest BCUT2D eigenvalue weighted by Gasteiger charge is -2.37. The van der Waals surface area contributed by atoms with E-state index in [0.29, 0.717) is 31.9 Å². The van der Waals surface area contributed by atoms with Crippen LogP contribution in [0.25, 0.3) is 0 Å². The van der Waals surface area contributed by atoms with Gasteiger partial charge in [0, 0.05) is 26.2 Å². The van der Waals surface area contributed by atoms with Crippen LogP contribution in [0, 0.1) is 5.82 Å². The van der Waals surface area contributed by atoms with E-state index in [4.69, 9.17) is 4.74 Å². The van der Waals surface area contributed by atoms with Crippen LogP contribution >= 0.6 is 0 Å². The molecule has 0 saturated carbocycles. The molecule has 0 aliphatic carbocycles. The van der Waals surface area contributed by atoms with Crippen LogP contribution < -0.4 is 10.1 Å². The van der Waals surface area contributed by atoms with Crippen LogP contribution in [-0.4, -0.2) is 73.2 Å². The van der Waals surface area contributed by atoms with Gasteiger partial charge in [-0.1, -0.05) is 0 Å². The fraction of sp³-hybridized carbons (Fsp3) is 0.529. The van der Waals surface area contributed by atoms with Crippen molar-refractivity contribution in [3.05, 3.63) is 30.1 Å². The number of rotatable bonds is 6. The summed E-state index contributed by atoms with van der Waals surface area (Å²) in [6, 6.07) is 4.57. The lowest BCUT2D eigenvalue weighted by molar-refractivity contribution is -0.142. The quantitative estimate of drug-likeness (QED) is 0.745. The zero-order valence-corrected chi connectivity index (χ0v) is 14.8. The first-order chi connectivity index (χ1) is 12.7. The fourth-order valence-electron chi connectivity index (χ4n) is 2.63. The monoisotopic (exact) mass is 391 g/mol. The third-order valence-corrected chi connectivity index (χ3v) is 4.23. The second-order valence-corrected chi connectivity index (χ2v) is 6.17. The Morgan fingerprint density at radius 3 is 2.30 bits per heavy atom. The van der Waals surface area contributed by atoms with Crippen LogP contribution in [-0.2, 0) is 9.59 Å². The summed E-state index contributed by atoms with van der Waals surface area (Å²) in [5.41, 5.74) is 0. The summed E-state index contributed by atoms with van der Waals surface area (Å²) in [4.78, 5) is 27.2.